The van der Waals surface area contributed by atoms with Gasteiger partial charge in [0.25, 0.3) is 0 Å². The predicted molar refractivity (Wildman–Crippen MR) is 135 cm³/mol. The number of carbonyl (C=O) groups is 1. The maximum absolute atomic E-state index is 12.6. The van der Waals surface area contributed by atoms with Gasteiger partial charge in [-0.05, 0) is 38.6 Å². The minimum atomic E-state index is 0. The zero-order chi connectivity index (χ0) is 20.5. The third-order valence-electron chi connectivity index (χ3n) is 6.80. The van der Waals surface area contributed by atoms with E-state index >= 15 is 0 Å². The van der Waals surface area contributed by atoms with Crippen molar-refractivity contribution in [3.8, 4) is 0 Å². The highest BCUT2D eigenvalue weighted by Gasteiger charge is 2.29. The first-order chi connectivity index (χ1) is 14.2. The summed E-state index contributed by atoms with van der Waals surface area (Å²) in [5, 5.41) is 7.08. The molecule has 0 unspecified atom stereocenters. The number of nitrogens with zero attached hydrogens (tertiary/aromatic N) is 4. The molecule has 0 bridgehead atoms. The molecule has 1 amide bonds. The van der Waals surface area contributed by atoms with Crippen LogP contribution in [-0.2, 0) is 4.79 Å². The number of rotatable bonds is 7. The summed E-state index contributed by atoms with van der Waals surface area (Å²) < 4.78 is 0. The van der Waals surface area contributed by atoms with Crippen LogP contribution >= 0.6 is 24.0 Å². The number of piperazine rings is 1. The third kappa shape index (κ3) is 7.82. The number of aliphatic imine (C=N–C) groups is 1. The highest BCUT2D eigenvalue weighted by atomic mass is 127. The van der Waals surface area contributed by atoms with Crippen molar-refractivity contribution in [3.05, 3.63) is 0 Å². The van der Waals surface area contributed by atoms with E-state index in [0.717, 1.165) is 58.1 Å². The lowest BCUT2D eigenvalue weighted by Crippen LogP contribution is -2.53. The Hall–Kier alpha value is -0.610. The van der Waals surface area contributed by atoms with E-state index in [1.54, 1.807) is 0 Å². The standard InChI is InChI=1S/C22H42N6O.HI/c1-3-11-26-12-8-20(9-13-26)25-22(23-2)24-10-14-27-15-17-28(18-16-27)21(29)19-6-4-5-7-19;/h19-20H,3-18H2,1-2H3,(H2,23,24,25);1H. The Kier molecular flexibility index (Phi) is 11.7. The summed E-state index contributed by atoms with van der Waals surface area (Å²) in [5.74, 6) is 1.65. The highest BCUT2D eigenvalue weighted by Crippen LogP contribution is 2.26. The molecule has 0 atom stereocenters. The fraction of sp³-hybridized carbons (Fsp3) is 0.909. The number of amides is 1. The van der Waals surface area contributed by atoms with Gasteiger partial charge in [-0.3, -0.25) is 14.7 Å². The summed E-state index contributed by atoms with van der Waals surface area (Å²) in [7, 11) is 1.86. The Morgan fingerprint density at radius 2 is 1.57 bits per heavy atom. The molecule has 3 fully saturated rings. The fourth-order valence-corrected chi connectivity index (χ4v) is 4.96. The van der Waals surface area contributed by atoms with Crippen molar-refractivity contribution in [1.82, 2.24) is 25.3 Å². The molecule has 0 aromatic rings. The van der Waals surface area contributed by atoms with Gasteiger partial charge in [-0.25, -0.2) is 0 Å². The molecular formula is C22H43IN6O. The lowest BCUT2D eigenvalue weighted by molar-refractivity contribution is -0.137. The number of hydrogen-bond acceptors (Lipinski definition) is 4. The van der Waals surface area contributed by atoms with Crippen molar-refractivity contribution in [2.24, 2.45) is 10.9 Å². The SMILES string of the molecule is CCCN1CCC(NC(=NC)NCCN2CCN(C(=O)C3CCCC3)CC2)CC1.I. The molecule has 0 aromatic carbocycles. The number of hydrogen-bond donors (Lipinski definition) is 2. The van der Waals surface area contributed by atoms with Gasteiger partial charge in [0.05, 0.1) is 0 Å². The summed E-state index contributed by atoms with van der Waals surface area (Å²) >= 11 is 0. The quantitative estimate of drug-likeness (QED) is 0.297. The molecule has 2 saturated heterocycles. The largest absolute Gasteiger partial charge is 0.355 e. The predicted octanol–water partition coefficient (Wildman–Crippen LogP) is 1.98. The van der Waals surface area contributed by atoms with Gasteiger partial charge < -0.3 is 20.4 Å². The van der Waals surface area contributed by atoms with Gasteiger partial charge in [-0.2, -0.15) is 0 Å². The van der Waals surface area contributed by atoms with Crippen LogP contribution in [0.1, 0.15) is 51.9 Å². The van der Waals surface area contributed by atoms with Crippen LogP contribution in [0.5, 0.6) is 0 Å². The maximum Gasteiger partial charge on any atom is 0.225 e. The molecule has 8 heteroatoms. The molecule has 2 heterocycles. The number of nitrogens with one attached hydrogen (secondary N) is 2. The van der Waals surface area contributed by atoms with Crippen molar-refractivity contribution in [1.29, 1.82) is 0 Å². The summed E-state index contributed by atoms with van der Waals surface area (Å²) in [5.41, 5.74) is 0. The van der Waals surface area contributed by atoms with E-state index in [1.807, 2.05) is 7.05 Å². The molecular weight excluding hydrogens is 491 g/mol. The lowest BCUT2D eigenvalue weighted by Gasteiger charge is -2.36. The Morgan fingerprint density at radius 1 is 0.933 bits per heavy atom. The van der Waals surface area contributed by atoms with Crippen LogP contribution in [0.15, 0.2) is 4.99 Å². The van der Waals surface area contributed by atoms with Gasteiger partial charge in [0, 0.05) is 71.4 Å². The monoisotopic (exact) mass is 534 g/mol. The topological polar surface area (TPSA) is 63.2 Å². The van der Waals surface area contributed by atoms with E-state index in [-0.39, 0.29) is 24.0 Å². The zero-order valence-electron chi connectivity index (χ0n) is 19.1. The molecule has 1 saturated carbocycles. The second-order valence-corrected chi connectivity index (χ2v) is 8.91. The van der Waals surface area contributed by atoms with Crippen molar-refractivity contribution < 1.29 is 4.79 Å². The van der Waals surface area contributed by atoms with Crippen LogP contribution in [0.4, 0.5) is 0 Å². The number of likely N-dealkylation sites (tertiary alicyclic amines) is 1. The summed E-state index contributed by atoms with van der Waals surface area (Å²) in [6.45, 7) is 11.5. The highest BCUT2D eigenvalue weighted by molar-refractivity contribution is 14.0. The van der Waals surface area contributed by atoms with E-state index in [0.29, 0.717) is 17.9 Å². The lowest BCUT2D eigenvalue weighted by atomic mass is 10.1. The van der Waals surface area contributed by atoms with Crippen molar-refractivity contribution in [2.75, 3.05) is 66.0 Å². The van der Waals surface area contributed by atoms with Crippen LogP contribution in [-0.4, -0.2) is 98.6 Å². The van der Waals surface area contributed by atoms with E-state index < -0.39 is 0 Å². The van der Waals surface area contributed by atoms with E-state index in [2.05, 4.69) is 37.2 Å². The second-order valence-electron chi connectivity index (χ2n) is 8.91. The van der Waals surface area contributed by atoms with Crippen molar-refractivity contribution in [2.45, 2.75) is 57.9 Å². The Morgan fingerprint density at radius 3 is 2.17 bits per heavy atom. The van der Waals surface area contributed by atoms with Gasteiger partial charge in [-0.1, -0.05) is 19.8 Å². The van der Waals surface area contributed by atoms with E-state index in [4.69, 9.17) is 0 Å². The van der Waals surface area contributed by atoms with Gasteiger partial charge in [0.15, 0.2) is 5.96 Å². The number of guanidine groups is 1. The van der Waals surface area contributed by atoms with Crippen LogP contribution in [0, 0.1) is 5.92 Å². The molecule has 3 aliphatic rings. The molecule has 7 nitrogen and oxygen atoms in total. The van der Waals surface area contributed by atoms with Crippen LogP contribution in [0.3, 0.4) is 0 Å². The van der Waals surface area contributed by atoms with Crippen molar-refractivity contribution in [3.63, 3.8) is 0 Å². The van der Waals surface area contributed by atoms with Crippen LogP contribution in [0.2, 0.25) is 0 Å². The zero-order valence-corrected chi connectivity index (χ0v) is 21.4. The average Bonchev–Trinajstić information content (AvgIpc) is 3.29. The normalized spacial score (nSPS) is 22.7. The van der Waals surface area contributed by atoms with Gasteiger partial charge in [0.2, 0.25) is 5.91 Å². The summed E-state index contributed by atoms with van der Waals surface area (Å²) in [6, 6.07) is 0.527. The number of piperidine rings is 1. The molecule has 30 heavy (non-hydrogen) atoms. The fourth-order valence-electron chi connectivity index (χ4n) is 4.96. The summed E-state index contributed by atoms with van der Waals surface area (Å²) in [4.78, 5) is 24.1. The Bertz CT molecular complexity index is 524. The van der Waals surface area contributed by atoms with Gasteiger partial charge in [0.1, 0.15) is 0 Å². The minimum Gasteiger partial charge on any atom is -0.355 e. The molecule has 2 N–H and O–H groups in total. The average molecular weight is 535 g/mol. The van der Waals surface area contributed by atoms with Crippen LogP contribution in [0.25, 0.3) is 0 Å². The van der Waals surface area contributed by atoms with Crippen LogP contribution < -0.4 is 10.6 Å². The summed E-state index contributed by atoms with van der Waals surface area (Å²) in [6.07, 6.45) is 8.30. The Labute approximate surface area is 200 Å². The smallest absolute Gasteiger partial charge is 0.225 e. The molecule has 0 aromatic heterocycles. The van der Waals surface area contributed by atoms with Gasteiger partial charge >= 0.3 is 0 Å². The van der Waals surface area contributed by atoms with E-state index in [9.17, 15) is 4.79 Å². The molecule has 0 spiro atoms. The third-order valence-corrected chi connectivity index (χ3v) is 6.80. The molecule has 0 radical (unpaired) electrons. The molecule has 2 aliphatic heterocycles. The first kappa shape index (κ1) is 25.6. The second kappa shape index (κ2) is 13.7. The Balaban J connectivity index is 0.00000320. The maximum atomic E-state index is 12.6. The van der Waals surface area contributed by atoms with Crippen molar-refractivity contribution >= 4 is 35.8 Å². The molecule has 174 valence electrons. The number of halogens is 1. The number of carbonyl (C=O) groups excluding carboxylic acids is 1. The molecule has 1 aliphatic carbocycles. The minimum absolute atomic E-state index is 0. The first-order valence-electron chi connectivity index (χ1n) is 11.9. The van der Waals surface area contributed by atoms with Gasteiger partial charge in [-0.15, -0.1) is 24.0 Å². The molecule has 3 rings (SSSR count). The first-order valence-corrected chi connectivity index (χ1v) is 11.9. The van der Waals surface area contributed by atoms with E-state index in [1.165, 1.54) is 51.7 Å².